The number of ether oxygens (including phenoxy) is 1. The molecular weight excluding hydrogens is 262 g/mol. The quantitative estimate of drug-likeness (QED) is 0.718. The standard InChI is InChI=1S/C17H27N3O/c1-4-11-19-17(14-18,16-9-7-6-8-10-16)15-20(5-2)12-13-21-3/h6-10,19H,4-5,11-13,15H2,1-3H3. The average Bonchev–Trinajstić information content (AvgIpc) is 2.55. The number of rotatable bonds is 10. The maximum atomic E-state index is 9.86. The molecule has 0 fully saturated rings. The lowest BCUT2D eigenvalue weighted by Gasteiger charge is -2.34. The van der Waals surface area contributed by atoms with Crippen LogP contribution in [0, 0.1) is 11.3 Å². The van der Waals surface area contributed by atoms with E-state index >= 15 is 0 Å². The summed E-state index contributed by atoms with van der Waals surface area (Å²) >= 11 is 0. The van der Waals surface area contributed by atoms with E-state index in [1.165, 1.54) is 0 Å². The second-order valence-electron chi connectivity index (χ2n) is 5.17. The minimum absolute atomic E-state index is 0.660. The van der Waals surface area contributed by atoms with E-state index in [-0.39, 0.29) is 0 Å². The summed E-state index contributed by atoms with van der Waals surface area (Å²) in [5.41, 5.74) is 0.359. The van der Waals surface area contributed by atoms with Gasteiger partial charge in [0, 0.05) is 20.2 Å². The normalized spacial score (nSPS) is 13.9. The molecule has 1 atom stereocenters. The van der Waals surface area contributed by atoms with Crippen LogP contribution in [0.25, 0.3) is 0 Å². The van der Waals surface area contributed by atoms with E-state index in [0.717, 1.165) is 31.6 Å². The van der Waals surface area contributed by atoms with Crippen LogP contribution in [0.3, 0.4) is 0 Å². The number of nitrogens with zero attached hydrogens (tertiary/aromatic N) is 2. The number of likely N-dealkylation sites (N-methyl/N-ethyl adjacent to an activating group) is 1. The highest BCUT2D eigenvalue weighted by atomic mass is 16.5. The van der Waals surface area contributed by atoms with Gasteiger partial charge in [0.15, 0.2) is 0 Å². The summed E-state index contributed by atoms with van der Waals surface area (Å²) in [6.45, 7) is 8.12. The van der Waals surface area contributed by atoms with Crippen LogP contribution in [0.15, 0.2) is 30.3 Å². The van der Waals surface area contributed by atoms with Crippen LogP contribution in [0.4, 0.5) is 0 Å². The SMILES string of the molecule is CCCNC(C#N)(CN(CC)CCOC)c1ccccc1. The molecule has 0 aliphatic carbocycles. The zero-order chi connectivity index (χ0) is 15.6. The molecule has 1 rings (SSSR count). The van der Waals surface area contributed by atoms with Gasteiger partial charge in [0.05, 0.1) is 12.7 Å². The molecule has 0 aliphatic rings. The predicted molar refractivity (Wildman–Crippen MR) is 86.0 cm³/mol. The van der Waals surface area contributed by atoms with Gasteiger partial charge >= 0.3 is 0 Å². The summed E-state index contributed by atoms with van der Waals surface area (Å²) in [5.74, 6) is 0. The van der Waals surface area contributed by atoms with Crippen molar-refractivity contribution in [2.75, 3.05) is 39.9 Å². The van der Waals surface area contributed by atoms with Crippen molar-refractivity contribution in [3.8, 4) is 6.07 Å². The molecule has 0 saturated carbocycles. The fourth-order valence-electron chi connectivity index (χ4n) is 2.35. The number of methoxy groups -OCH3 is 1. The van der Waals surface area contributed by atoms with Gasteiger partial charge in [-0.1, -0.05) is 44.2 Å². The predicted octanol–water partition coefficient (Wildman–Crippen LogP) is 2.37. The molecule has 1 unspecified atom stereocenters. The fraction of sp³-hybridized carbons (Fsp3) is 0.588. The lowest BCUT2D eigenvalue weighted by molar-refractivity contribution is 0.135. The van der Waals surface area contributed by atoms with Gasteiger partial charge in [-0.05, 0) is 25.1 Å². The monoisotopic (exact) mass is 289 g/mol. The average molecular weight is 289 g/mol. The van der Waals surface area contributed by atoms with Gasteiger partial charge in [0.2, 0.25) is 0 Å². The maximum Gasteiger partial charge on any atom is 0.145 e. The van der Waals surface area contributed by atoms with Gasteiger partial charge in [-0.15, -0.1) is 0 Å². The third kappa shape index (κ3) is 5.13. The van der Waals surface area contributed by atoms with E-state index in [0.29, 0.717) is 13.2 Å². The third-order valence-electron chi connectivity index (χ3n) is 3.65. The van der Waals surface area contributed by atoms with Crippen molar-refractivity contribution < 1.29 is 4.74 Å². The number of hydrogen-bond donors (Lipinski definition) is 1. The molecule has 4 nitrogen and oxygen atoms in total. The van der Waals surface area contributed by atoms with Crippen LogP contribution in [0.1, 0.15) is 25.8 Å². The molecule has 4 heteroatoms. The molecule has 21 heavy (non-hydrogen) atoms. The highest BCUT2D eigenvalue weighted by Crippen LogP contribution is 2.22. The first-order chi connectivity index (χ1) is 10.2. The van der Waals surface area contributed by atoms with E-state index in [9.17, 15) is 5.26 Å². The third-order valence-corrected chi connectivity index (χ3v) is 3.65. The Morgan fingerprint density at radius 2 is 2.00 bits per heavy atom. The van der Waals surface area contributed by atoms with Crippen LogP contribution >= 0.6 is 0 Å². The summed E-state index contributed by atoms with van der Waals surface area (Å²) in [6.07, 6.45) is 1.00. The summed E-state index contributed by atoms with van der Waals surface area (Å²) in [6, 6.07) is 12.5. The Morgan fingerprint density at radius 1 is 1.29 bits per heavy atom. The Morgan fingerprint density at radius 3 is 2.52 bits per heavy atom. The lowest BCUT2D eigenvalue weighted by atomic mass is 9.90. The Bertz CT molecular complexity index is 429. The minimum Gasteiger partial charge on any atom is -0.383 e. The van der Waals surface area contributed by atoms with Crippen LogP contribution < -0.4 is 5.32 Å². The van der Waals surface area contributed by atoms with Crippen molar-refractivity contribution in [3.63, 3.8) is 0 Å². The highest BCUT2D eigenvalue weighted by molar-refractivity contribution is 5.32. The molecule has 1 aromatic carbocycles. The first-order valence-corrected chi connectivity index (χ1v) is 7.65. The van der Waals surface area contributed by atoms with E-state index in [2.05, 4.69) is 30.1 Å². The molecule has 0 aliphatic heterocycles. The Balaban J connectivity index is 2.98. The first kappa shape index (κ1) is 17.6. The molecule has 116 valence electrons. The molecule has 0 radical (unpaired) electrons. The van der Waals surface area contributed by atoms with Gasteiger partial charge in [-0.25, -0.2) is 0 Å². The van der Waals surface area contributed by atoms with Gasteiger partial charge in [-0.2, -0.15) is 5.26 Å². The van der Waals surface area contributed by atoms with Gasteiger partial charge in [0.1, 0.15) is 5.54 Å². The van der Waals surface area contributed by atoms with E-state index in [1.807, 2.05) is 30.3 Å². The topological polar surface area (TPSA) is 48.3 Å². The summed E-state index contributed by atoms with van der Waals surface area (Å²) in [7, 11) is 1.71. The number of benzene rings is 1. The first-order valence-electron chi connectivity index (χ1n) is 7.65. The molecule has 0 saturated heterocycles. The van der Waals surface area contributed by atoms with E-state index in [1.54, 1.807) is 7.11 Å². The van der Waals surface area contributed by atoms with E-state index < -0.39 is 5.54 Å². The molecule has 0 heterocycles. The Kier molecular flexibility index (Phi) is 7.99. The van der Waals surface area contributed by atoms with Gasteiger partial charge in [-0.3, -0.25) is 10.2 Å². The summed E-state index contributed by atoms with van der Waals surface area (Å²) in [5, 5.41) is 13.3. The molecule has 1 aromatic rings. The molecule has 0 amide bonds. The van der Waals surface area contributed by atoms with Crippen LogP contribution in [-0.4, -0.2) is 44.8 Å². The fourth-order valence-corrected chi connectivity index (χ4v) is 2.35. The van der Waals surface area contributed by atoms with Crippen molar-refractivity contribution in [2.45, 2.75) is 25.8 Å². The van der Waals surface area contributed by atoms with Crippen molar-refractivity contribution >= 4 is 0 Å². The van der Waals surface area contributed by atoms with Crippen molar-refractivity contribution in [1.82, 2.24) is 10.2 Å². The van der Waals surface area contributed by atoms with Crippen molar-refractivity contribution in [1.29, 1.82) is 5.26 Å². The van der Waals surface area contributed by atoms with Gasteiger partial charge in [0.25, 0.3) is 0 Å². The number of nitrogens with one attached hydrogen (secondary N) is 1. The molecule has 0 bridgehead atoms. The maximum absolute atomic E-state index is 9.86. The summed E-state index contributed by atoms with van der Waals surface area (Å²) in [4.78, 5) is 2.25. The largest absolute Gasteiger partial charge is 0.383 e. The molecule has 1 N–H and O–H groups in total. The smallest absolute Gasteiger partial charge is 0.145 e. The second kappa shape index (κ2) is 9.51. The van der Waals surface area contributed by atoms with E-state index in [4.69, 9.17) is 4.74 Å². The number of hydrogen-bond acceptors (Lipinski definition) is 4. The molecular formula is C17H27N3O. The van der Waals surface area contributed by atoms with Crippen LogP contribution in [0.2, 0.25) is 0 Å². The Hall–Kier alpha value is -1.41. The Labute approximate surface area is 128 Å². The molecule has 0 aromatic heterocycles. The van der Waals surface area contributed by atoms with Crippen molar-refractivity contribution in [2.24, 2.45) is 0 Å². The highest BCUT2D eigenvalue weighted by Gasteiger charge is 2.33. The van der Waals surface area contributed by atoms with Crippen LogP contribution in [0.5, 0.6) is 0 Å². The second-order valence-corrected chi connectivity index (χ2v) is 5.17. The van der Waals surface area contributed by atoms with Crippen molar-refractivity contribution in [3.05, 3.63) is 35.9 Å². The minimum atomic E-state index is -0.666. The van der Waals surface area contributed by atoms with Crippen LogP contribution in [-0.2, 0) is 10.3 Å². The zero-order valence-electron chi connectivity index (χ0n) is 13.4. The zero-order valence-corrected chi connectivity index (χ0v) is 13.4. The number of nitriles is 1. The summed E-state index contributed by atoms with van der Waals surface area (Å²) < 4.78 is 5.16. The van der Waals surface area contributed by atoms with Gasteiger partial charge < -0.3 is 4.74 Å². The lowest BCUT2D eigenvalue weighted by Crippen LogP contribution is -2.51. The molecule has 0 spiro atoms.